The van der Waals surface area contributed by atoms with Crippen molar-refractivity contribution in [3.05, 3.63) is 83.7 Å². The predicted molar refractivity (Wildman–Crippen MR) is 101 cm³/mol. The molecule has 0 aliphatic carbocycles. The van der Waals surface area contributed by atoms with E-state index < -0.39 is 0 Å². The average Bonchev–Trinajstić information content (AvgIpc) is 2.66. The minimum absolute atomic E-state index is 0.865. The highest BCUT2D eigenvalue weighted by Crippen LogP contribution is 2.23. The smallest absolute Gasteiger partial charge is 0.159 e. The lowest BCUT2D eigenvalue weighted by Crippen LogP contribution is -2.30. The Hall–Kier alpha value is -2.78. The number of rotatable bonds is 2. The van der Waals surface area contributed by atoms with Gasteiger partial charge in [-0.1, -0.05) is 36.4 Å². The number of nitrogens with zero attached hydrogens (tertiary/aromatic N) is 3. The number of pyridine rings is 2. The molecule has 3 heterocycles. The molecule has 5 rings (SSSR count). The molecular formula is C22H19N3. The van der Waals surface area contributed by atoms with Crippen LogP contribution in [0.2, 0.25) is 0 Å². The molecule has 0 bridgehead atoms. The second-order valence-electron chi connectivity index (χ2n) is 6.79. The number of hydrogen-bond acceptors (Lipinski definition) is 3. The second-order valence-corrected chi connectivity index (χ2v) is 6.79. The third kappa shape index (κ3) is 2.77. The van der Waals surface area contributed by atoms with Gasteiger partial charge in [-0.15, -0.1) is 0 Å². The molecule has 1 aliphatic heterocycles. The maximum absolute atomic E-state index is 4.76. The Morgan fingerprint density at radius 3 is 2.72 bits per heavy atom. The first kappa shape index (κ1) is 14.6. The minimum atomic E-state index is 0.865. The molecule has 0 atom stereocenters. The van der Waals surface area contributed by atoms with E-state index in [2.05, 4.69) is 64.5 Å². The Bertz CT molecular complexity index is 1070. The van der Waals surface area contributed by atoms with E-state index in [1.165, 1.54) is 27.6 Å². The van der Waals surface area contributed by atoms with Gasteiger partial charge < -0.3 is 0 Å². The van der Waals surface area contributed by atoms with Crippen LogP contribution < -0.4 is 0 Å². The van der Waals surface area contributed by atoms with Crippen molar-refractivity contribution >= 4 is 21.8 Å². The molecule has 0 spiro atoms. The van der Waals surface area contributed by atoms with Crippen LogP contribution in [-0.4, -0.2) is 21.4 Å². The molecule has 0 saturated carbocycles. The zero-order valence-corrected chi connectivity index (χ0v) is 14.0. The van der Waals surface area contributed by atoms with E-state index in [0.717, 1.165) is 37.1 Å². The highest BCUT2D eigenvalue weighted by molar-refractivity contribution is 5.83. The maximum Gasteiger partial charge on any atom is 0.159 e. The first-order valence-electron chi connectivity index (χ1n) is 8.79. The molecular weight excluding hydrogens is 306 g/mol. The van der Waals surface area contributed by atoms with Crippen molar-refractivity contribution in [2.24, 2.45) is 0 Å². The van der Waals surface area contributed by atoms with Crippen LogP contribution in [0.1, 0.15) is 16.8 Å². The number of fused-ring (bicyclic) bond motifs is 3. The van der Waals surface area contributed by atoms with E-state index >= 15 is 0 Å². The van der Waals surface area contributed by atoms with E-state index in [1.807, 2.05) is 12.3 Å². The van der Waals surface area contributed by atoms with E-state index in [-0.39, 0.29) is 0 Å². The Morgan fingerprint density at radius 1 is 0.880 bits per heavy atom. The summed E-state index contributed by atoms with van der Waals surface area (Å²) in [6, 6.07) is 21.7. The summed E-state index contributed by atoms with van der Waals surface area (Å²) in [4.78, 5) is 11.7. The van der Waals surface area contributed by atoms with Crippen molar-refractivity contribution in [2.45, 2.75) is 19.5 Å². The Kier molecular flexibility index (Phi) is 3.46. The molecule has 0 unspecified atom stereocenters. The summed E-state index contributed by atoms with van der Waals surface area (Å²) >= 11 is 0. The third-order valence-corrected chi connectivity index (χ3v) is 5.04. The number of hydrogen-bond donors (Lipinski definition) is 0. The Morgan fingerprint density at radius 2 is 1.76 bits per heavy atom. The summed E-state index contributed by atoms with van der Waals surface area (Å²) < 4.78 is 0. The lowest BCUT2D eigenvalue weighted by Gasteiger charge is -2.28. The molecule has 0 amide bonds. The van der Waals surface area contributed by atoms with Gasteiger partial charge >= 0.3 is 0 Å². The first-order valence-corrected chi connectivity index (χ1v) is 8.79. The van der Waals surface area contributed by atoms with Crippen LogP contribution in [0, 0.1) is 0 Å². The van der Waals surface area contributed by atoms with Crippen molar-refractivity contribution in [1.29, 1.82) is 0 Å². The van der Waals surface area contributed by atoms with E-state index in [4.69, 9.17) is 4.98 Å². The van der Waals surface area contributed by atoms with Gasteiger partial charge in [0.2, 0.25) is 0 Å². The van der Waals surface area contributed by atoms with Gasteiger partial charge in [-0.25, -0.2) is 9.97 Å². The second kappa shape index (κ2) is 5.94. The normalized spacial score (nSPS) is 14.7. The maximum atomic E-state index is 4.76. The largest absolute Gasteiger partial charge is 0.294 e. The summed E-state index contributed by atoms with van der Waals surface area (Å²) in [5.41, 5.74) is 4.79. The van der Waals surface area contributed by atoms with Gasteiger partial charge in [0.25, 0.3) is 0 Å². The predicted octanol–water partition coefficient (Wildman–Crippen LogP) is 4.34. The molecule has 0 radical (unpaired) electrons. The minimum Gasteiger partial charge on any atom is -0.294 e. The Labute approximate surface area is 147 Å². The van der Waals surface area contributed by atoms with Crippen molar-refractivity contribution < 1.29 is 0 Å². The lowest BCUT2D eigenvalue weighted by atomic mass is 10.0. The highest BCUT2D eigenvalue weighted by Gasteiger charge is 2.18. The number of aromatic nitrogens is 2. The van der Waals surface area contributed by atoms with Crippen molar-refractivity contribution in [2.75, 3.05) is 6.54 Å². The van der Waals surface area contributed by atoms with Crippen LogP contribution in [0.3, 0.4) is 0 Å². The molecule has 0 fully saturated rings. The Balaban J connectivity index is 1.41. The molecule has 2 aromatic heterocycles. The van der Waals surface area contributed by atoms with Crippen molar-refractivity contribution in [1.82, 2.24) is 14.9 Å². The molecule has 0 N–H and O–H groups in total. The van der Waals surface area contributed by atoms with E-state index in [0.29, 0.717) is 0 Å². The fourth-order valence-electron chi connectivity index (χ4n) is 3.75. The fraction of sp³-hybridized carbons (Fsp3) is 0.182. The summed E-state index contributed by atoms with van der Waals surface area (Å²) in [6.45, 7) is 2.99. The summed E-state index contributed by atoms with van der Waals surface area (Å²) in [6.07, 6.45) is 2.81. The summed E-state index contributed by atoms with van der Waals surface area (Å²) in [7, 11) is 0. The zero-order chi connectivity index (χ0) is 16.6. The molecule has 122 valence electrons. The van der Waals surface area contributed by atoms with Gasteiger partial charge in [-0.2, -0.15) is 0 Å². The highest BCUT2D eigenvalue weighted by atomic mass is 15.1. The average molecular weight is 325 g/mol. The van der Waals surface area contributed by atoms with E-state index in [1.54, 1.807) is 0 Å². The molecule has 25 heavy (non-hydrogen) atoms. The monoisotopic (exact) mass is 325 g/mol. The van der Waals surface area contributed by atoms with Gasteiger partial charge in [0.05, 0.1) is 0 Å². The molecule has 1 aliphatic rings. The van der Waals surface area contributed by atoms with Crippen LogP contribution in [-0.2, 0) is 19.5 Å². The lowest BCUT2D eigenvalue weighted by molar-refractivity contribution is 0.244. The van der Waals surface area contributed by atoms with Crippen molar-refractivity contribution in [3.8, 4) is 0 Å². The van der Waals surface area contributed by atoms with Crippen LogP contribution in [0.15, 0.2) is 66.9 Å². The van der Waals surface area contributed by atoms with Gasteiger partial charge in [-0.05, 0) is 46.2 Å². The summed E-state index contributed by atoms with van der Waals surface area (Å²) in [5, 5.41) is 3.75. The van der Waals surface area contributed by atoms with Gasteiger partial charge in [-0.3, -0.25) is 4.90 Å². The quantitative estimate of drug-likeness (QED) is 0.549. The first-order chi connectivity index (χ1) is 12.3. The zero-order valence-electron chi connectivity index (χ0n) is 14.0. The van der Waals surface area contributed by atoms with Crippen LogP contribution >= 0.6 is 0 Å². The van der Waals surface area contributed by atoms with Gasteiger partial charge in [0.15, 0.2) is 5.65 Å². The van der Waals surface area contributed by atoms with Gasteiger partial charge in [0, 0.05) is 43.3 Å². The topological polar surface area (TPSA) is 29.0 Å². The fourth-order valence-corrected chi connectivity index (χ4v) is 3.75. The standard InChI is InChI=1S/C22H19N3/c1-2-5-18-12-16(7-8-17(18)4-1)14-25-11-9-21-20(15-25)13-19-6-3-10-23-22(19)24-21/h1-8,10,12-13H,9,11,14-15H2. The van der Waals surface area contributed by atoms with E-state index in [9.17, 15) is 0 Å². The summed E-state index contributed by atoms with van der Waals surface area (Å²) in [5.74, 6) is 0. The molecule has 0 saturated heterocycles. The molecule has 3 heteroatoms. The third-order valence-electron chi connectivity index (χ3n) is 5.04. The van der Waals surface area contributed by atoms with Crippen LogP contribution in [0.5, 0.6) is 0 Å². The van der Waals surface area contributed by atoms with Gasteiger partial charge in [0.1, 0.15) is 0 Å². The molecule has 3 nitrogen and oxygen atoms in total. The SMILES string of the molecule is c1ccc2cc(CN3CCc4nc5ncccc5cc4C3)ccc2c1. The van der Waals surface area contributed by atoms with Crippen molar-refractivity contribution in [3.63, 3.8) is 0 Å². The van der Waals surface area contributed by atoms with Crippen LogP contribution in [0.25, 0.3) is 21.8 Å². The molecule has 2 aromatic carbocycles. The molecule has 4 aromatic rings. The van der Waals surface area contributed by atoms with Crippen LogP contribution in [0.4, 0.5) is 0 Å². The number of benzene rings is 2.